The van der Waals surface area contributed by atoms with Crippen LogP contribution in [-0.2, 0) is 0 Å². The van der Waals surface area contributed by atoms with Crippen LogP contribution >= 0.6 is 11.3 Å². The molecule has 2 atom stereocenters. The van der Waals surface area contributed by atoms with E-state index in [-0.39, 0.29) is 17.8 Å². The molecule has 7 nitrogen and oxygen atoms in total. The predicted octanol–water partition coefficient (Wildman–Crippen LogP) is 5.15. The minimum atomic E-state index is -0.441. The first kappa shape index (κ1) is 19.0. The van der Waals surface area contributed by atoms with E-state index < -0.39 is 4.92 Å². The Morgan fingerprint density at radius 2 is 1.79 bits per heavy atom. The Labute approximate surface area is 171 Å². The highest BCUT2D eigenvalue weighted by molar-refractivity contribution is 7.10. The summed E-state index contributed by atoms with van der Waals surface area (Å²) < 4.78 is 5.83. The molecule has 0 radical (unpaired) electrons. The maximum Gasteiger partial charge on any atom is 0.269 e. The van der Waals surface area contributed by atoms with Gasteiger partial charge in [-0.3, -0.25) is 15.4 Å². The van der Waals surface area contributed by atoms with E-state index in [0.717, 1.165) is 5.56 Å². The molecule has 4 aromatic rings. The molecule has 0 saturated carbocycles. The molecule has 4 rings (SSSR count). The number of aromatic nitrogens is 2. The van der Waals surface area contributed by atoms with E-state index in [1.807, 2.05) is 31.2 Å². The second-order valence-electron chi connectivity index (χ2n) is 6.50. The van der Waals surface area contributed by atoms with Gasteiger partial charge in [-0.2, -0.15) is 0 Å². The highest BCUT2D eigenvalue weighted by Crippen LogP contribution is 2.29. The highest BCUT2D eigenvalue weighted by atomic mass is 32.1. The molecule has 0 saturated heterocycles. The zero-order chi connectivity index (χ0) is 20.2. The molecule has 0 aliphatic rings. The van der Waals surface area contributed by atoms with E-state index in [0.29, 0.717) is 17.3 Å². The number of thiophene rings is 1. The molecule has 2 aromatic heterocycles. The molecule has 0 spiro atoms. The molecule has 0 aliphatic heterocycles. The molecule has 0 fully saturated rings. The quantitative estimate of drug-likeness (QED) is 0.337. The van der Waals surface area contributed by atoms with Gasteiger partial charge in [0.25, 0.3) is 5.69 Å². The highest BCUT2D eigenvalue weighted by Gasteiger charge is 2.22. The van der Waals surface area contributed by atoms with Crippen LogP contribution in [0, 0.1) is 10.1 Å². The second kappa shape index (κ2) is 8.34. The summed E-state index contributed by atoms with van der Waals surface area (Å²) in [5, 5.41) is 24.7. The summed E-state index contributed by atoms with van der Waals surface area (Å²) in [6.07, 6.45) is 0. The lowest BCUT2D eigenvalue weighted by Gasteiger charge is -2.21. The van der Waals surface area contributed by atoms with Gasteiger partial charge in [-0.25, -0.2) is 0 Å². The Bertz CT molecular complexity index is 1080. The van der Waals surface area contributed by atoms with Crippen LogP contribution < -0.4 is 5.32 Å². The van der Waals surface area contributed by atoms with Gasteiger partial charge in [0.15, 0.2) is 0 Å². The van der Waals surface area contributed by atoms with E-state index in [1.165, 1.54) is 17.0 Å². The van der Waals surface area contributed by atoms with Crippen LogP contribution in [0.5, 0.6) is 0 Å². The van der Waals surface area contributed by atoms with Crippen molar-refractivity contribution in [1.82, 2.24) is 15.5 Å². The number of nitro groups is 1. The van der Waals surface area contributed by atoms with E-state index in [9.17, 15) is 10.1 Å². The molecule has 0 amide bonds. The monoisotopic (exact) mass is 406 g/mol. The van der Waals surface area contributed by atoms with Crippen LogP contribution in [0.4, 0.5) is 5.69 Å². The van der Waals surface area contributed by atoms with Gasteiger partial charge in [-0.1, -0.05) is 36.4 Å². The maximum atomic E-state index is 10.8. The van der Waals surface area contributed by atoms with E-state index >= 15 is 0 Å². The summed E-state index contributed by atoms with van der Waals surface area (Å²) in [5.74, 6) is 0.784. The number of non-ortho nitro benzene ring substituents is 1. The van der Waals surface area contributed by atoms with Gasteiger partial charge in [0.2, 0.25) is 11.8 Å². The average molecular weight is 406 g/mol. The number of rotatable bonds is 7. The van der Waals surface area contributed by atoms with Gasteiger partial charge < -0.3 is 4.42 Å². The van der Waals surface area contributed by atoms with Crippen molar-refractivity contribution in [3.8, 4) is 11.5 Å². The van der Waals surface area contributed by atoms with Crippen LogP contribution in [-0.4, -0.2) is 15.1 Å². The number of nitrogens with one attached hydrogen (secondary N) is 1. The molecule has 0 unspecified atom stereocenters. The number of hydrogen-bond donors (Lipinski definition) is 1. The SMILES string of the molecule is C[C@@H](N[C@H](c1ccccc1)c1cccs1)c1nnc(-c2ccc([N+](=O)[O-])cc2)o1. The maximum absolute atomic E-state index is 10.8. The summed E-state index contributed by atoms with van der Waals surface area (Å²) in [6, 6.07) is 20.2. The molecule has 2 aromatic carbocycles. The molecule has 1 N–H and O–H groups in total. The first-order valence-electron chi connectivity index (χ1n) is 9.04. The summed E-state index contributed by atoms with van der Waals surface area (Å²) in [6.45, 7) is 1.97. The molecule has 8 heteroatoms. The Morgan fingerprint density at radius 1 is 1.03 bits per heavy atom. The first-order chi connectivity index (χ1) is 14.1. The van der Waals surface area contributed by atoms with Crippen molar-refractivity contribution in [2.24, 2.45) is 0 Å². The third kappa shape index (κ3) is 4.23. The van der Waals surface area contributed by atoms with Gasteiger partial charge in [0, 0.05) is 22.6 Å². The fourth-order valence-electron chi connectivity index (χ4n) is 3.02. The summed E-state index contributed by atoms with van der Waals surface area (Å²) in [7, 11) is 0. The topological polar surface area (TPSA) is 94.1 Å². The van der Waals surface area contributed by atoms with E-state index in [1.54, 1.807) is 23.5 Å². The van der Waals surface area contributed by atoms with Crippen molar-refractivity contribution in [2.45, 2.75) is 19.0 Å². The van der Waals surface area contributed by atoms with Crippen molar-refractivity contribution in [3.05, 3.63) is 98.6 Å². The molecule has 0 bridgehead atoms. The normalized spacial score (nSPS) is 13.1. The molecular weight excluding hydrogens is 388 g/mol. The Morgan fingerprint density at radius 3 is 2.45 bits per heavy atom. The molecule has 146 valence electrons. The third-order valence-corrected chi connectivity index (χ3v) is 5.45. The second-order valence-corrected chi connectivity index (χ2v) is 7.48. The van der Waals surface area contributed by atoms with Crippen LogP contribution in [0.2, 0.25) is 0 Å². The zero-order valence-corrected chi connectivity index (χ0v) is 16.4. The fourth-order valence-corrected chi connectivity index (χ4v) is 3.83. The van der Waals surface area contributed by atoms with Crippen molar-refractivity contribution in [3.63, 3.8) is 0 Å². The molecule has 29 heavy (non-hydrogen) atoms. The summed E-state index contributed by atoms with van der Waals surface area (Å²) in [4.78, 5) is 11.6. The smallest absolute Gasteiger partial charge is 0.269 e. The molecule has 0 aliphatic carbocycles. The van der Waals surface area contributed by atoms with Crippen molar-refractivity contribution < 1.29 is 9.34 Å². The lowest BCUT2D eigenvalue weighted by molar-refractivity contribution is -0.384. The van der Waals surface area contributed by atoms with Gasteiger partial charge in [-0.15, -0.1) is 21.5 Å². The predicted molar refractivity (Wildman–Crippen MR) is 111 cm³/mol. The van der Waals surface area contributed by atoms with Gasteiger partial charge in [-0.05, 0) is 36.1 Å². The molecule has 2 heterocycles. The Balaban J connectivity index is 1.55. The van der Waals surface area contributed by atoms with Gasteiger partial charge in [0.05, 0.1) is 17.0 Å². The number of hydrogen-bond acceptors (Lipinski definition) is 7. The average Bonchev–Trinajstić information content (AvgIpc) is 3.45. The third-order valence-electron chi connectivity index (χ3n) is 4.51. The number of benzene rings is 2. The van der Waals surface area contributed by atoms with Crippen LogP contribution in [0.15, 0.2) is 76.5 Å². The number of nitro benzene ring substituents is 1. The van der Waals surface area contributed by atoms with Crippen molar-refractivity contribution in [1.29, 1.82) is 0 Å². The van der Waals surface area contributed by atoms with Crippen molar-refractivity contribution in [2.75, 3.05) is 0 Å². The minimum Gasteiger partial charge on any atom is -0.419 e. The molecular formula is C21H18N4O3S. The minimum absolute atomic E-state index is 0.000856. The lowest BCUT2D eigenvalue weighted by atomic mass is 10.0. The number of nitrogens with zero attached hydrogens (tertiary/aromatic N) is 3. The van der Waals surface area contributed by atoms with Crippen LogP contribution in [0.25, 0.3) is 11.5 Å². The summed E-state index contributed by atoms with van der Waals surface area (Å²) in [5.41, 5.74) is 1.81. The fraction of sp³-hybridized carbons (Fsp3) is 0.143. The van der Waals surface area contributed by atoms with E-state index in [4.69, 9.17) is 4.42 Å². The van der Waals surface area contributed by atoms with E-state index in [2.05, 4.69) is 39.1 Å². The van der Waals surface area contributed by atoms with Gasteiger partial charge >= 0.3 is 0 Å². The Hall–Kier alpha value is -3.36. The standard InChI is InChI=1S/C21H18N4O3S/c1-14(22-19(18-8-5-13-29-18)15-6-3-2-4-7-15)20-23-24-21(28-20)16-9-11-17(12-10-16)25(26)27/h2-14,19,22H,1H3/t14-,19-/m1/s1. The summed E-state index contributed by atoms with van der Waals surface area (Å²) >= 11 is 1.68. The zero-order valence-electron chi connectivity index (χ0n) is 15.6. The first-order valence-corrected chi connectivity index (χ1v) is 9.92. The van der Waals surface area contributed by atoms with Crippen molar-refractivity contribution >= 4 is 17.0 Å². The van der Waals surface area contributed by atoms with Crippen LogP contribution in [0.3, 0.4) is 0 Å². The largest absolute Gasteiger partial charge is 0.419 e. The lowest BCUT2D eigenvalue weighted by Crippen LogP contribution is -2.25. The Kier molecular flexibility index (Phi) is 5.46. The van der Waals surface area contributed by atoms with Crippen LogP contribution in [0.1, 0.15) is 35.3 Å². The van der Waals surface area contributed by atoms with Gasteiger partial charge in [0.1, 0.15) is 0 Å².